The summed E-state index contributed by atoms with van der Waals surface area (Å²) in [5.74, 6) is 2.68. The predicted octanol–water partition coefficient (Wildman–Crippen LogP) is 2.84. The van der Waals surface area contributed by atoms with Crippen molar-refractivity contribution < 1.29 is 0 Å². The zero-order valence-electron chi connectivity index (χ0n) is 15.1. The molecule has 5 rings (SSSR count). The van der Waals surface area contributed by atoms with E-state index in [4.69, 9.17) is 5.10 Å². The lowest BCUT2D eigenvalue weighted by molar-refractivity contribution is 0.117. The van der Waals surface area contributed by atoms with Crippen LogP contribution in [0.1, 0.15) is 63.1 Å². The van der Waals surface area contributed by atoms with Gasteiger partial charge in [-0.3, -0.25) is 4.90 Å². The molecule has 3 fully saturated rings. The molecule has 134 valence electrons. The molecule has 0 bridgehead atoms. The van der Waals surface area contributed by atoms with E-state index in [0.29, 0.717) is 12.0 Å². The first-order chi connectivity index (χ1) is 12.3. The summed E-state index contributed by atoms with van der Waals surface area (Å²) in [4.78, 5) is 5.03. The fourth-order valence-electron chi connectivity index (χ4n) is 4.57. The molecule has 0 unspecified atom stereocenters. The van der Waals surface area contributed by atoms with Gasteiger partial charge in [0, 0.05) is 31.1 Å². The van der Waals surface area contributed by atoms with Gasteiger partial charge >= 0.3 is 0 Å². The highest BCUT2D eigenvalue weighted by atomic mass is 15.4. The van der Waals surface area contributed by atoms with E-state index in [1.165, 1.54) is 51.4 Å². The Labute approximate surface area is 149 Å². The van der Waals surface area contributed by atoms with Crippen LogP contribution in [-0.4, -0.2) is 56.9 Å². The van der Waals surface area contributed by atoms with Crippen molar-refractivity contribution in [1.29, 1.82) is 0 Å². The highest BCUT2D eigenvalue weighted by Crippen LogP contribution is 2.35. The van der Waals surface area contributed by atoms with Crippen molar-refractivity contribution in [3.63, 3.8) is 0 Å². The molecule has 2 aromatic rings. The molecule has 0 aromatic carbocycles. The van der Waals surface area contributed by atoms with Crippen LogP contribution in [0.4, 0.5) is 5.82 Å². The Kier molecular flexibility index (Phi) is 3.88. The maximum Gasteiger partial charge on any atom is 0.178 e. The number of aromatic nitrogens is 4. The number of fused-ring (bicyclic) bond motifs is 1. The second-order valence-corrected chi connectivity index (χ2v) is 8.16. The molecule has 0 radical (unpaired) electrons. The van der Waals surface area contributed by atoms with Crippen LogP contribution in [0.5, 0.6) is 0 Å². The second-order valence-electron chi connectivity index (χ2n) is 8.16. The third kappa shape index (κ3) is 2.71. The lowest BCUT2D eigenvalue weighted by Gasteiger charge is -2.48. The van der Waals surface area contributed by atoms with E-state index in [0.717, 1.165) is 36.4 Å². The van der Waals surface area contributed by atoms with Gasteiger partial charge in [0.15, 0.2) is 11.5 Å². The monoisotopic (exact) mass is 340 g/mol. The average Bonchev–Trinajstić information content (AvgIpc) is 2.96. The minimum absolute atomic E-state index is 0.555. The normalized spacial score (nSPS) is 23.2. The van der Waals surface area contributed by atoms with Crippen LogP contribution >= 0.6 is 0 Å². The Morgan fingerprint density at radius 2 is 1.72 bits per heavy atom. The van der Waals surface area contributed by atoms with Gasteiger partial charge in [-0.25, -0.2) is 0 Å². The van der Waals surface area contributed by atoms with Crippen molar-refractivity contribution in [3.8, 4) is 0 Å². The summed E-state index contributed by atoms with van der Waals surface area (Å²) >= 11 is 0. The van der Waals surface area contributed by atoms with Crippen molar-refractivity contribution in [2.45, 2.75) is 69.4 Å². The van der Waals surface area contributed by atoms with Gasteiger partial charge in [0.2, 0.25) is 0 Å². The fourth-order valence-corrected chi connectivity index (χ4v) is 4.57. The van der Waals surface area contributed by atoms with Crippen molar-refractivity contribution in [2.24, 2.45) is 0 Å². The molecule has 25 heavy (non-hydrogen) atoms. The molecule has 3 aliphatic rings. The van der Waals surface area contributed by atoms with E-state index >= 15 is 0 Å². The van der Waals surface area contributed by atoms with Crippen LogP contribution in [0, 0.1) is 0 Å². The third-order valence-electron chi connectivity index (χ3n) is 6.66. The summed E-state index contributed by atoms with van der Waals surface area (Å²) in [6.45, 7) is 2.18. The first kappa shape index (κ1) is 15.6. The van der Waals surface area contributed by atoms with Gasteiger partial charge in [-0.15, -0.1) is 15.3 Å². The molecular weight excluding hydrogens is 312 g/mol. The third-order valence-corrected chi connectivity index (χ3v) is 6.66. The Morgan fingerprint density at radius 1 is 0.920 bits per heavy atom. The fraction of sp³-hybridized carbons (Fsp3) is 0.737. The highest BCUT2D eigenvalue weighted by Gasteiger charge is 2.35. The molecule has 3 heterocycles. The summed E-state index contributed by atoms with van der Waals surface area (Å²) in [7, 11) is 2.32. The van der Waals surface area contributed by atoms with Crippen LogP contribution in [0.3, 0.4) is 0 Å². The molecule has 2 aromatic heterocycles. The molecule has 1 saturated heterocycles. The number of hydrogen-bond acceptors (Lipinski definition) is 5. The summed E-state index contributed by atoms with van der Waals surface area (Å²) in [5, 5.41) is 13.5. The van der Waals surface area contributed by atoms with Gasteiger partial charge in [0.25, 0.3) is 0 Å². The van der Waals surface area contributed by atoms with Crippen molar-refractivity contribution in [2.75, 3.05) is 25.0 Å². The topological polar surface area (TPSA) is 49.6 Å². The molecule has 0 amide bonds. The van der Waals surface area contributed by atoms with E-state index < -0.39 is 0 Å². The zero-order chi connectivity index (χ0) is 16.8. The Hall–Kier alpha value is -1.69. The average molecular weight is 340 g/mol. The smallest absolute Gasteiger partial charge is 0.178 e. The number of nitrogens with zero attached hydrogens (tertiary/aromatic N) is 6. The van der Waals surface area contributed by atoms with Crippen LogP contribution in [0.15, 0.2) is 12.1 Å². The minimum Gasteiger partial charge on any atom is -0.352 e. The first-order valence-electron chi connectivity index (χ1n) is 9.99. The van der Waals surface area contributed by atoms with Gasteiger partial charge in [0.05, 0.1) is 0 Å². The van der Waals surface area contributed by atoms with Gasteiger partial charge in [-0.05, 0) is 44.9 Å². The summed E-state index contributed by atoms with van der Waals surface area (Å²) in [6.07, 6.45) is 10.7. The molecule has 1 aliphatic heterocycles. The summed E-state index contributed by atoms with van der Waals surface area (Å²) in [5.41, 5.74) is 0.877. The van der Waals surface area contributed by atoms with Crippen molar-refractivity contribution in [1.82, 2.24) is 24.7 Å². The molecule has 0 N–H and O–H groups in total. The van der Waals surface area contributed by atoms with E-state index in [1.54, 1.807) is 0 Å². The summed E-state index contributed by atoms with van der Waals surface area (Å²) in [6, 6.07) is 5.63. The largest absolute Gasteiger partial charge is 0.352 e. The van der Waals surface area contributed by atoms with Crippen molar-refractivity contribution in [3.05, 3.63) is 18.0 Å². The van der Waals surface area contributed by atoms with E-state index in [-0.39, 0.29) is 0 Å². The van der Waals surface area contributed by atoms with Gasteiger partial charge in [0.1, 0.15) is 5.82 Å². The number of anilines is 1. The quantitative estimate of drug-likeness (QED) is 0.856. The maximum atomic E-state index is 4.87. The van der Waals surface area contributed by atoms with Crippen LogP contribution in [-0.2, 0) is 0 Å². The minimum atomic E-state index is 0.555. The number of likely N-dealkylation sites (N-methyl/N-ethyl adjacent to an activating group) is 1. The molecule has 0 atom stereocenters. The standard InChI is InChI=1S/C19H28N6/c1-23(15-8-3-2-4-9-15)16-12-24(13-16)18-11-10-17-20-21-19(25(17)22-18)14-6-5-7-14/h10-11,14-16H,2-9,12-13H2,1H3. The molecule has 6 heteroatoms. The van der Waals surface area contributed by atoms with Crippen LogP contribution in [0.2, 0.25) is 0 Å². The van der Waals surface area contributed by atoms with E-state index in [9.17, 15) is 0 Å². The Morgan fingerprint density at radius 3 is 2.44 bits per heavy atom. The number of rotatable bonds is 4. The SMILES string of the molecule is CN(C1CCCCC1)C1CN(c2ccc3nnc(C4CCC4)n3n2)C1. The molecule has 0 spiro atoms. The molecule has 2 saturated carbocycles. The Balaban J connectivity index is 1.28. The molecule has 6 nitrogen and oxygen atoms in total. The zero-order valence-corrected chi connectivity index (χ0v) is 15.1. The lowest BCUT2D eigenvalue weighted by atomic mass is 9.85. The van der Waals surface area contributed by atoms with Crippen LogP contribution < -0.4 is 4.90 Å². The second kappa shape index (κ2) is 6.24. The Bertz CT molecular complexity index is 739. The summed E-state index contributed by atoms with van der Waals surface area (Å²) < 4.78 is 1.98. The molecular formula is C19H28N6. The highest BCUT2D eigenvalue weighted by molar-refractivity contribution is 5.48. The van der Waals surface area contributed by atoms with Gasteiger partial charge in [-0.1, -0.05) is 25.7 Å². The van der Waals surface area contributed by atoms with Crippen molar-refractivity contribution >= 4 is 11.5 Å². The first-order valence-corrected chi connectivity index (χ1v) is 9.99. The van der Waals surface area contributed by atoms with E-state index in [2.05, 4.69) is 39.2 Å². The van der Waals surface area contributed by atoms with Gasteiger partial charge < -0.3 is 4.90 Å². The number of hydrogen-bond donors (Lipinski definition) is 0. The lowest BCUT2D eigenvalue weighted by Crippen LogP contribution is -2.61. The maximum absolute atomic E-state index is 4.87. The van der Waals surface area contributed by atoms with E-state index in [1.807, 2.05) is 4.52 Å². The molecule has 2 aliphatic carbocycles. The predicted molar refractivity (Wildman–Crippen MR) is 98.0 cm³/mol. The van der Waals surface area contributed by atoms with Gasteiger partial charge in [-0.2, -0.15) is 4.52 Å². The van der Waals surface area contributed by atoms with Crippen LogP contribution in [0.25, 0.3) is 5.65 Å².